The molecule has 0 radical (unpaired) electrons. The van der Waals surface area contributed by atoms with Gasteiger partial charge in [-0.25, -0.2) is 9.78 Å². The van der Waals surface area contributed by atoms with E-state index in [1.54, 1.807) is 65.2 Å². The second-order valence-corrected chi connectivity index (χ2v) is 10.2. The third-order valence-electron chi connectivity index (χ3n) is 7.26. The average Bonchev–Trinajstić information content (AvgIpc) is 3.42. The minimum Gasteiger partial charge on any atom is -0.497 e. The second kappa shape index (κ2) is 12.6. The zero-order valence-electron chi connectivity index (χ0n) is 24.7. The summed E-state index contributed by atoms with van der Waals surface area (Å²) in [6.45, 7) is -0.0289. The van der Waals surface area contributed by atoms with Gasteiger partial charge in [-0.3, -0.25) is 0 Å². The zero-order valence-corrected chi connectivity index (χ0v) is 24.7. The van der Waals surface area contributed by atoms with E-state index in [-0.39, 0.29) is 29.6 Å². The Morgan fingerprint density at radius 2 is 1.17 bits per heavy atom. The normalized spacial score (nSPS) is 11.8. The second-order valence-electron chi connectivity index (χ2n) is 10.2. The standard InChI is InChI=1S/C34H26F6N2O4/c1-44-27-12-8-21(9-13-27)29-30(22-10-14-28(45-2)15-11-22)42(19-20-4-6-23(7-5-20)32(43)46-3)31(41-29)24-16-25(33(35,36)37)18-26(17-24)34(38,39)40/h4-18H,19H2,1-3H3. The molecule has 0 saturated heterocycles. The predicted octanol–water partition coefficient (Wildman–Crippen LogP) is 8.77. The highest BCUT2D eigenvalue weighted by Crippen LogP contribution is 2.42. The average molecular weight is 641 g/mol. The lowest BCUT2D eigenvalue weighted by Crippen LogP contribution is -2.12. The Balaban J connectivity index is 1.82. The molecule has 0 N–H and O–H groups in total. The van der Waals surface area contributed by atoms with Crippen LogP contribution >= 0.6 is 0 Å². The molecule has 5 aromatic rings. The summed E-state index contributed by atoms with van der Waals surface area (Å²) in [5, 5.41) is 0. The lowest BCUT2D eigenvalue weighted by molar-refractivity contribution is -0.143. The number of nitrogens with zero attached hydrogens (tertiary/aromatic N) is 2. The molecule has 6 nitrogen and oxygen atoms in total. The number of halogens is 6. The summed E-state index contributed by atoms with van der Waals surface area (Å²) in [7, 11) is 4.21. The fourth-order valence-corrected chi connectivity index (χ4v) is 4.95. The van der Waals surface area contributed by atoms with Gasteiger partial charge in [0.25, 0.3) is 0 Å². The Hall–Kier alpha value is -5.26. The fourth-order valence-electron chi connectivity index (χ4n) is 4.95. The van der Waals surface area contributed by atoms with Crippen LogP contribution in [0.25, 0.3) is 33.9 Å². The molecule has 238 valence electrons. The van der Waals surface area contributed by atoms with E-state index in [9.17, 15) is 31.1 Å². The summed E-state index contributed by atoms with van der Waals surface area (Å²) in [5.74, 6) is 0.365. The maximum absolute atomic E-state index is 13.9. The first-order chi connectivity index (χ1) is 21.8. The molecule has 0 spiro atoms. The summed E-state index contributed by atoms with van der Waals surface area (Å²) in [5.41, 5.74) is -0.633. The number of methoxy groups -OCH3 is 3. The molecule has 0 aliphatic heterocycles. The Kier molecular flexibility index (Phi) is 8.82. The maximum atomic E-state index is 13.9. The van der Waals surface area contributed by atoms with Crippen molar-refractivity contribution >= 4 is 5.97 Å². The first kappa shape index (κ1) is 32.1. The third kappa shape index (κ3) is 6.70. The molecule has 1 aromatic heterocycles. The predicted molar refractivity (Wildman–Crippen MR) is 159 cm³/mol. The van der Waals surface area contributed by atoms with Crippen molar-refractivity contribution in [1.29, 1.82) is 0 Å². The summed E-state index contributed by atoms with van der Waals surface area (Å²) >= 11 is 0. The van der Waals surface area contributed by atoms with Gasteiger partial charge in [-0.05, 0) is 84.4 Å². The molecule has 0 aliphatic carbocycles. The van der Waals surface area contributed by atoms with E-state index >= 15 is 0 Å². The van der Waals surface area contributed by atoms with E-state index in [4.69, 9.17) is 19.2 Å². The summed E-state index contributed by atoms with van der Waals surface area (Å²) in [6, 6.07) is 21.2. The van der Waals surface area contributed by atoms with Crippen molar-refractivity contribution in [2.45, 2.75) is 18.9 Å². The molecule has 0 aliphatic rings. The summed E-state index contributed by atoms with van der Waals surface area (Å²) in [4.78, 5) is 16.7. The van der Waals surface area contributed by atoms with Crippen LogP contribution in [0.5, 0.6) is 11.5 Å². The SMILES string of the molecule is COC(=O)c1ccc(Cn2c(-c3cc(C(F)(F)F)cc(C(F)(F)F)c3)nc(-c3ccc(OC)cc3)c2-c2ccc(OC)cc2)cc1. The van der Waals surface area contributed by atoms with Crippen LogP contribution < -0.4 is 9.47 Å². The Bertz CT molecular complexity index is 1810. The van der Waals surface area contributed by atoms with Crippen LogP contribution in [0.15, 0.2) is 91.0 Å². The van der Waals surface area contributed by atoms with Gasteiger partial charge in [0.2, 0.25) is 0 Å². The Morgan fingerprint density at radius 3 is 1.63 bits per heavy atom. The number of rotatable bonds is 8. The van der Waals surface area contributed by atoms with E-state index in [1.807, 2.05) is 0 Å². The molecule has 0 atom stereocenters. The van der Waals surface area contributed by atoms with Gasteiger partial charge in [0.05, 0.1) is 49.4 Å². The molecule has 0 fully saturated rings. The van der Waals surface area contributed by atoms with Crippen LogP contribution in [0.1, 0.15) is 27.0 Å². The van der Waals surface area contributed by atoms with Crippen LogP contribution in [-0.4, -0.2) is 36.8 Å². The highest BCUT2D eigenvalue weighted by molar-refractivity contribution is 5.89. The molecular formula is C34H26F6N2O4. The molecule has 0 bridgehead atoms. The number of hydrogen-bond donors (Lipinski definition) is 0. The molecule has 0 unspecified atom stereocenters. The number of ether oxygens (including phenoxy) is 3. The lowest BCUT2D eigenvalue weighted by atomic mass is 10.0. The van der Waals surface area contributed by atoms with Crippen molar-refractivity contribution in [3.05, 3.63) is 113 Å². The highest BCUT2D eigenvalue weighted by Gasteiger charge is 2.38. The van der Waals surface area contributed by atoms with E-state index in [0.717, 1.165) is 0 Å². The molecule has 12 heteroatoms. The smallest absolute Gasteiger partial charge is 0.416 e. The lowest BCUT2D eigenvalue weighted by Gasteiger charge is -2.17. The van der Waals surface area contributed by atoms with Crippen LogP contribution in [0.2, 0.25) is 0 Å². The monoisotopic (exact) mass is 640 g/mol. The molecule has 0 saturated carbocycles. The van der Waals surface area contributed by atoms with Crippen molar-refractivity contribution in [3.8, 4) is 45.4 Å². The van der Waals surface area contributed by atoms with Crippen molar-refractivity contribution in [1.82, 2.24) is 9.55 Å². The van der Waals surface area contributed by atoms with Gasteiger partial charge in [0.1, 0.15) is 17.3 Å². The quantitative estimate of drug-likeness (QED) is 0.125. The van der Waals surface area contributed by atoms with Gasteiger partial charge in [-0.2, -0.15) is 26.3 Å². The van der Waals surface area contributed by atoms with Gasteiger partial charge in [0, 0.05) is 23.2 Å². The van der Waals surface area contributed by atoms with Gasteiger partial charge in [-0.1, -0.05) is 12.1 Å². The van der Waals surface area contributed by atoms with E-state index in [2.05, 4.69) is 0 Å². The Morgan fingerprint density at radius 1 is 0.674 bits per heavy atom. The van der Waals surface area contributed by atoms with Crippen LogP contribution in [0, 0.1) is 0 Å². The van der Waals surface area contributed by atoms with Gasteiger partial charge in [-0.15, -0.1) is 0 Å². The minimum absolute atomic E-state index is 0.0289. The molecule has 46 heavy (non-hydrogen) atoms. The Labute approximate surface area is 259 Å². The number of alkyl halides is 6. The maximum Gasteiger partial charge on any atom is 0.416 e. The summed E-state index contributed by atoms with van der Waals surface area (Å²) < 4.78 is 100. The first-order valence-electron chi connectivity index (χ1n) is 13.7. The minimum atomic E-state index is -5.06. The molecule has 5 rings (SSSR count). The third-order valence-corrected chi connectivity index (χ3v) is 7.26. The zero-order chi connectivity index (χ0) is 33.2. The molecule has 4 aromatic carbocycles. The molecular weight excluding hydrogens is 614 g/mol. The van der Waals surface area contributed by atoms with Crippen LogP contribution in [0.3, 0.4) is 0 Å². The molecule has 0 amide bonds. The number of hydrogen-bond acceptors (Lipinski definition) is 5. The van der Waals surface area contributed by atoms with Crippen LogP contribution in [0.4, 0.5) is 26.3 Å². The number of aromatic nitrogens is 2. The number of benzene rings is 4. The van der Waals surface area contributed by atoms with E-state index < -0.39 is 29.4 Å². The number of esters is 1. The number of imidazole rings is 1. The van der Waals surface area contributed by atoms with E-state index in [1.165, 1.54) is 33.5 Å². The number of carbonyl (C=O) groups is 1. The van der Waals surface area contributed by atoms with Crippen molar-refractivity contribution < 1.29 is 45.3 Å². The largest absolute Gasteiger partial charge is 0.497 e. The fraction of sp³-hybridized carbons (Fsp3) is 0.176. The van der Waals surface area contributed by atoms with E-state index in [0.29, 0.717) is 51.7 Å². The highest BCUT2D eigenvalue weighted by atomic mass is 19.4. The molecule has 1 heterocycles. The van der Waals surface area contributed by atoms with Gasteiger partial charge >= 0.3 is 18.3 Å². The van der Waals surface area contributed by atoms with Gasteiger partial charge < -0.3 is 18.8 Å². The van der Waals surface area contributed by atoms with Crippen molar-refractivity contribution in [3.63, 3.8) is 0 Å². The number of carbonyl (C=O) groups excluding carboxylic acids is 1. The summed E-state index contributed by atoms with van der Waals surface area (Å²) in [6.07, 6.45) is -10.1. The van der Waals surface area contributed by atoms with Crippen molar-refractivity contribution in [2.75, 3.05) is 21.3 Å². The van der Waals surface area contributed by atoms with Crippen molar-refractivity contribution in [2.24, 2.45) is 0 Å². The van der Waals surface area contributed by atoms with Crippen LogP contribution in [-0.2, 0) is 23.6 Å². The first-order valence-corrected chi connectivity index (χ1v) is 13.7. The van der Waals surface area contributed by atoms with Gasteiger partial charge in [0.15, 0.2) is 0 Å². The topological polar surface area (TPSA) is 62.6 Å².